The van der Waals surface area contributed by atoms with Gasteiger partial charge in [0.05, 0.1) is 5.69 Å². The molecule has 2 aromatic rings. The van der Waals surface area contributed by atoms with Gasteiger partial charge in [0.2, 0.25) is 5.88 Å². The number of aryl methyl sites for hydroxylation is 2. The van der Waals surface area contributed by atoms with E-state index in [1.54, 1.807) is 13.1 Å². The van der Waals surface area contributed by atoms with Crippen molar-refractivity contribution in [2.75, 3.05) is 0 Å². The standard InChI is InChI=1S/C10H11N3O/c1-6-3-4-11-8(5-6)9-12-7(2)10(14)13-9/h3-5,14H,1-2H3,(H,12,13). The Balaban J connectivity index is 2.49. The number of rotatable bonds is 1. The maximum absolute atomic E-state index is 9.30. The molecule has 0 saturated carbocycles. The van der Waals surface area contributed by atoms with E-state index in [2.05, 4.69) is 15.0 Å². The molecule has 0 bridgehead atoms. The van der Waals surface area contributed by atoms with Gasteiger partial charge in [0, 0.05) is 6.20 Å². The summed E-state index contributed by atoms with van der Waals surface area (Å²) in [6.07, 6.45) is 1.72. The van der Waals surface area contributed by atoms with Crippen LogP contribution in [0.15, 0.2) is 18.3 Å². The van der Waals surface area contributed by atoms with Crippen LogP contribution in [0.3, 0.4) is 0 Å². The summed E-state index contributed by atoms with van der Waals surface area (Å²) in [6, 6.07) is 3.83. The fourth-order valence-electron chi connectivity index (χ4n) is 1.24. The van der Waals surface area contributed by atoms with Crippen molar-refractivity contribution in [1.82, 2.24) is 15.0 Å². The quantitative estimate of drug-likeness (QED) is 0.719. The van der Waals surface area contributed by atoms with E-state index in [0.29, 0.717) is 11.5 Å². The van der Waals surface area contributed by atoms with Crippen LogP contribution in [0, 0.1) is 13.8 Å². The molecule has 4 nitrogen and oxygen atoms in total. The van der Waals surface area contributed by atoms with Crippen molar-refractivity contribution in [3.8, 4) is 17.4 Å². The van der Waals surface area contributed by atoms with Gasteiger partial charge in [-0.15, -0.1) is 0 Å². The second-order valence-corrected chi connectivity index (χ2v) is 3.25. The van der Waals surface area contributed by atoms with Crippen LogP contribution in [0.25, 0.3) is 11.5 Å². The number of imidazole rings is 1. The highest BCUT2D eigenvalue weighted by atomic mass is 16.3. The molecule has 0 aliphatic heterocycles. The van der Waals surface area contributed by atoms with E-state index in [1.165, 1.54) is 0 Å². The molecule has 2 heterocycles. The molecule has 0 fully saturated rings. The van der Waals surface area contributed by atoms with Gasteiger partial charge < -0.3 is 10.1 Å². The molecular formula is C10H11N3O. The van der Waals surface area contributed by atoms with Crippen LogP contribution >= 0.6 is 0 Å². The zero-order valence-electron chi connectivity index (χ0n) is 8.07. The smallest absolute Gasteiger partial charge is 0.232 e. The molecule has 14 heavy (non-hydrogen) atoms. The molecule has 0 unspecified atom stereocenters. The molecule has 0 saturated heterocycles. The summed E-state index contributed by atoms with van der Waals surface area (Å²) < 4.78 is 0. The number of hydrogen-bond acceptors (Lipinski definition) is 3. The summed E-state index contributed by atoms with van der Waals surface area (Å²) in [6.45, 7) is 3.75. The first-order valence-electron chi connectivity index (χ1n) is 4.35. The van der Waals surface area contributed by atoms with Crippen molar-refractivity contribution in [1.29, 1.82) is 0 Å². The van der Waals surface area contributed by atoms with Crippen LogP contribution in [0.1, 0.15) is 11.3 Å². The van der Waals surface area contributed by atoms with E-state index in [-0.39, 0.29) is 5.88 Å². The third-order valence-corrected chi connectivity index (χ3v) is 2.02. The highest BCUT2D eigenvalue weighted by Gasteiger charge is 2.07. The summed E-state index contributed by atoms with van der Waals surface area (Å²) in [5.74, 6) is 0.631. The second-order valence-electron chi connectivity index (χ2n) is 3.25. The zero-order chi connectivity index (χ0) is 10.1. The molecule has 4 heteroatoms. The summed E-state index contributed by atoms with van der Waals surface area (Å²) in [5.41, 5.74) is 2.51. The Morgan fingerprint density at radius 1 is 1.36 bits per heavy atom. The summed E-state index contributed by atoms with van der Waals surface area (Å²) in [5, 5.41) is 9.30. The molecule has 2 N–H and O–H groups in total. The predicted molar refractivity (Wildman–Crippen MR) is 53.0 cm³/mol. The van der Waals surface area contributed by atoms with Gasteiger partial charge in [0.25, 0.3) is 0 Å². The number of aromatic amines is 1. The summed E-state index contributed by atoms with van der Waals surface area (Å²) in [4.78, 5) is 11.1. The topological polar surface area (TPSA) is 61.8 Å². The molecule has 72 valence electrons. The number of hydrogen-bond donors (Lipinski definition) is 2. The van der Waals surface area contributed by atoms with Crippen molar-refractivity contribution < 1.29 is 5.11 Å². The van der Waals surface area contributed by atoms with Crippen molar-refractivity contribution in [2.24, 2.45) is 0 Å². The van der Waals surface area contributed by atoms with E-state index in [9.17, 15) is 5.11 Å². The normalized spacial score (nSPS) is 10.4. The van der Waals surface area contributed by atoms with E-state index >= 15 is 0 Å². The number of pyridine rings is 1. The van der Waals surface area contributed by atoms with Gasteiger partial charge in [-0.2, -0.15) is 4.98 Å². The number of aromatic hydroxyl groups is 1. The fourth-order valence-corrected chi connectivity index (χ4v) is 1.24. The van der Waals surface area contributed by atoms with Gasteiger partial charge in [0.15, 0.2) is 5.82 Å². The summed E-state index contributed by atoms with van der Waals surface area (Å²) >= 11 is 0. The van der Waals surface area contributed by atoms with E-state index in [1.807, 2.05) is 19.1 Å². The second kappa shape index (κ2) is 3.14. The van der Waals surface area contributed by atoms with Crippen molar-refractivity contribution in [2.45, 2.75) is 13.8 Å². The Hall–Kier alpha value is -1.84. The molecule has 2 aromatic heterocycles. The van der Waals surface area contributed by atoms with Gasteiger partial charge in [0.1, 0.15) is 5.69 Å². The lowest BCUT2D eigenvalue weighted by molar-refractivity contribution is 0.452. The first kappa shape index (κ1) is 8.74. The largest absolute Gasteiger partial charge is 0.492 e. The third kappa shape index (κ3) is 1.46. The molecule has 2 rings (SSSR count). The van der Waals surface area contributed by atoms with Crippen LogP contribution in [0.4, 0.5) is 0 Å². The van der Waals surface area contributed by atoms with Gasteiger partial charge in [-0.3, -0.25) is 4.98 Å². The monoisotopic (exact) mass is 189 g/mol. The molecule has 0 aliphatic carbocycles. The van der Waals surface area contributed by atoms with E-state index in [4.69, 9.17) is 0 Å². The fraction of sp³-hybridized carbons (Fsp3) is 0.200. The highest BCUT2D eigenvalue weighted by molar-refractivity contribution is 5.52. The predicted octanol–water partition coefficient (Wildman–Crippen LogP) is 1.79. The van der Waals surface area contributed by atoms with Gasteiger partial charge in [-0.05, 0) is 31.5 Å². The molecule has 0 radical (unpaired) electrons. The Morgan fingerprint density at radius 2 is 2.14 bits per heavy atom. The maximum atomic E-state index is 9.30. The van der Waals surface area contributed by atoms with Crippen molar-refractivity contribution in [3.05, 3.63) is 29.6 Å². The van der Waals surface area contributed by atoms with Crippen LogP contribution in [0.2, 0.25) is 0 Å². The van der Waals surface area contributed by atoms with Crippen LogP contribution in [-0.4, -0.2) is 20.1 Å². The molecule has 0 amide bonds. The minimum Gasteiger partial charge on any atom is -0.492 e. The zero-order valence-corrected chi connectivity index (χ0v) is 8.07. The lowest BCUT2D eigenvalue weighted by Gasteiger charge is -1.96. The molecule has 0 spiro atoms. The van der Waals surface area contributed by atoms with E-state index in [0.717, 1.165) is 11.3 Å². The van der Waals surface area contributed by atoms with Crippen LogP contribution < -0.4 is 0 Å². The number of nitrogens with zero attached hydrogens (tertiary/aromatic N) is 2. The molecule has 0 aromatic carbocycles. The highest BCUT2D eigenvalue weighted by Crippen LogP contribution is 2.19. The number of nitrogens with one attached hydrogen (secondary N) is 1. The lowest BCUT2D eigenvalue weighted by Crippen LogP contribution is -1.86. The van der Waals surface area contributed by atoms with Crippen LogP contribution in [0.5, 0.6) is 5.88 Å². The SMILES string of the molecule is Cc1ccnc(-c2nc(O)c(C)[nH]2)c1. The Labute approximate surface area is 81.7 Å². The molecular weight excluding hydrogens is 178 g/mol. The first-order chi connectivity index (χ1) is 6.66. The van der Waals surface area contributed by atoms with Crippen molar-refractivity contribution >= 4 is 0 Å². The van der Waals surface area contributed by atoms with Gasteiger partial charge in [-0.25, -0.2) is 0 Å². The Bertz CT molecular complexity index is 443. The average molecular weight is 189 g/mol. The molecule has 0 aliphatic rings. The lowest BCUT2D eigenvalue weighted by atomic mass is 10.2. The number of H-pyrrole nitrogens is 1. The maximum Gasteiger partial charge on any atom is 0.232 e. The minimum absolute atomic E-state index is 0.0308. The van der Waals surface area contributed by atoms with Crippen LogP contribution in [-0.2, 0) is 0 Å². The van der Waals surface area contributed by atoms with Gasteiger partial charge in [-0.1, -0.05) is 0 Å². The van der Waals surface area contributed by atoms with E-state index < -0.39 is 0 Å². The van der Waals surface area contributed by atoms with Gasteiger partial charge >= 0.3 is 0 Å². The Kier molecular flexibility index (Phi) is 1.96. The summed E-state index contributed by atoms with van der Waals surface area (Å²) in [7, 11) is 0. The minimum atomic E-state index is 0.0308. The third-order valence-electron chi connectivity index (χ3n) is 2.02. The Morgan fingerprint density at radius 3 is 2.71 bits per heavy atom. The first-order valence-corrected chi connectivity index (χ1v) is 4.35. The average Bonchev–Trinajstić information content (AvgIpc) is 2.47. The van der Waals surface area contributed by atoms with Crippen molar-refractivity contribution in [3.63, 3.8) is 0 Å². The number of aromatic nitrogens is 3. The molecule has 0 atom stereocenters.